The third kappa shape index (κ3) is 47.9. The molecule has 0 saturated heterocycles. The molecule has 0 aliphatic rings. The van der Waals surface area contributed by atoms with Crippen LogP contribution in [0, 0.1) is 5.92 Å². The van der Waals surface area contributed by atoms with E-state index < -0.39 is 6.10 Å². The van der Waals surface area contributed by atoms with Crippen molar-refractivity contribution in [1.82, 2.24) is 0 Å². The van der Waals surface area contributed by atoms with Crippen LogP contribution in [0.1, 0.15) is 317 Å². The van der Waals surface area contributed by atoms with Gasteiger partial charge in [0.15, 0.2) is 6.10 Å². The number of hydrogen-bond acceptors (Lipinski definition) is 6. The average molecular weight is 877 g/mol. The van der Waals surface area contributed by atoms with E-state index in [0.29, 0.717) is 19.3 Å². The van der Waals surface area contributed by atoms with Crippen LogP contribution in [0.2, 0.25) is 0 Å². The van der Waals surface area contributed by atoms with E-state index in [0.717, 1.165) is 63.7 Å². The van der Waals surface area contributed by atoms with E-state index in [9.17, 15) is 14.4 Å². The first-order chi connectivity index (χ1) is 30.4. The standard InChI is InChI=1S/C56H108O6/c1-5-8-10-12-14-16-17-24-28-32-35-39-43-47-54(57)60-50-53(62-56(59)49-45-41-37-30-15-13-11-9-6-2)51-61-55(58)48-44-40-36-33-29-26-23-21-19-18-20-22-25-27-31-34-38-42-46-52(4)7-3/h52-53H,5-51H2,1-4H3/t52?,53-/m0/s1. The van der Waals surface area contributed by atoms with Gasteiger partial charge in [0.2, 0.25) is 0 Å². The molecule has 0 aliphatic carbocycles. The molecule has 0 aromatic heterocycles. The molecule has 368 valence electrons. The monoisotopic (exact) mass is 877 g/mol. The minimum absolute atomic E-state index is 0.0624. The second kappa shape index (κ2) is 50.4. The number of ether oxygens (including phenoxy) is 3. The second-order valence-corrected chi connectivity index (χ2v) is 19.5. The van der Waals surface area contributed by atoms with Gasteiger partial charge in [-0.05, 0) is 25.2 Å². The smallest absolute Gasteiger partial charge is 0.306 e. The number of carbonyl (C=O) groups excluding carboxylic acids is 3. The summed E-state index contributed by atoms with van der Waals surface area (Å²) in [5, 5.41) is 0. The van der Waals surface area contributed by atoms with Gasteiger partial charge < -0.3 is 14.2 Å². The first-order valence-electron chi connectivity index (χ1n) is 27.9. The predicted molar refractivity (Wildman–Crippen MR) is 266 cm³/mol. The van der Waals surface area contributed by atoms with E-state index >= 15 is 0 Å². The largest absolute Gasteiger partial charge is 0.462 e. The summed E-state index contributed by atoms with van der Waals surface area (Å²) in [5.74, 6) is 0.0674. The lowest BCUT2D eigenvalue weighted by molar-refractivity contribution is -0.167. The Morgan fingerprint density at radius 2 is 0.565 bits per heavy atom. The number of hydrogen-bond donors (Lipinski definition) is 0. The van der Waals surface area contributed by atoms with E-state index in [4.69, 9.17) is 14.2 Å². The maximum atomic E-state index is 12.7. The van der Waals surface area contributed by atoms with Gasteiger partial charge in [0, 0.05) is 19.3 Å². The van der Waals surface area contributed by atoms with Gasteiger partial charge in [-0.2, -0.15) is 0 Å². The van der Waals surface area contributed by atoms with Crippen LogP contribution in [0.5, 0.6) is 0 Å². The molecule has 0 spiro atoms. The maximum absolute atomic E-state index is 12.7. The highest BCUT2D eigenvalue weighted by Gasteiger charge is 2.19. The molecule has 0 fully saturated rings. The lowest BCUT2D eigenvalue weighted by Crippen LogP contribution is -2.30. The van der Waals surface area contributed by atoms with Gasteiger partial charge in [0.1, 0.15) is 13.2 Å². The average Bonchev–Trinajstić information content (AvgIpc) is 3.27. The van der Waals surface area contributed by atoms with Crippen LogP contribution in [0.4, 0.5) is 0 Å². The number of esters is 3. The van der Waals surface area contributed by atoms with Crippen LogP contribution < -0.4 is 0 Å². The Kier molecular flexibility index (Phi) is 49.1. The highest BCUT2D eigenvalue weighted by molar-refractivity contribution is 5.71. The van der Waals surface area contributed by atoms with E-state index in [1.165, 1.54) is 212 Å². The van der Waals surface area contributed by atoms with Crippen LogP contribution in [0.3, 0.4) is 0 Å². The van der Waals surface area contributed by atoms with Crippen molar-refractivity contribution in [3.63, 3.8) is 0 Å². The molecule has 0 aromatic rings. The van der Waals surface area contributed by atoms with Crippen molar-refractivity contribution in [1.29, 1.82) is 0 Å². The van der Waals surface area contributed by atoms with Gasteiger partial charge in [0.25, 0.3) is 0 Å². The van der Waals surface area contributed by atoms with Crippen LogP contribution in [-0.4, -0.2) is 37.2 Å². The molecular weight excluding hydrogens is 769 g/mol. The van der Waals surface area contributed by atoms with E-state index in [-0.39, 0.29) is 31.1 Å². The lowest BCUT2D eigenvalue weighted by Gasteiger charge is -2.18. The normalized spacial score (nSPS) is 12.4. The summed E-state index contributed by atoms with van der Waals surface area (Å²) in [6.45, 7) is 9.07. The zero-order valence-corrected chi connectivity index (χ0v) is 42.3. The van der Waals surface area contributed by atoms with Crippen molar-refractivity contribution in [2.24, 2.45) is 5.92 Å². The SMILES string of the molecule is CCCCCCCCCCCCCCCC(=O)OC[C@@H](COC(=O)CCCCCCCCCCCCCCCCCCCCC(C)CC)OC(=O)CCCCCCCCCCC. The van der Waals surface area contributed by atoms with Gasteiger partial charge in [-0.1, -0.05) is 278 Å². The zero-order chi connectivity index (χ0) is 45.2. The molecule has 6 nitrogen and oxygen atoms in total. The summed E-state index contributed by atoms with van der Waals surface area (Å²) in [5.41, 5.74) is 0. The number of unbranched alkanes of at least 4 members (excludes halogenated alkanes) is 37. The molecule has 6 heteroatoms. The van der Waals surface area contributed by atoms with Gasteiger partial charge in [-0.25, -0.2) is 0 Å². The Bertz CT molecular complexity index is 935. The molecule has 0 bridgehead atoms. The van der Waals surface area contributed by atoms with Gasteiger partial charge in [-0.3, -0.25) is 14.4 Å². The minimum atomic E-state index is -0.760. The van der Waals surface area contributed by atoms with Crippen LogP contribution in [0.25, 0.3) is 0 Å². The maximum Gasteiger partial charge on any atom is 0.306 e. The third-order valence-electron chi connectivity index (χ3n) is 13.2. The minimum Gasteiger partial charge on any atom is -0.462 e. The summed E-state index contributed by atoms with van der Waals surface area (Å²) in [6, 6.07) is 0. The highest BCUT2D eigenvalue weighted by atomic mass is 16.6. The molecule has 62 heavy (non-hydrogen) atoms. The molecule has 0 aromatic carbocycles. The molecule has 0 radical (unpaired) electrons. The second-order valence-electron chi connectivity index (χ2n) is 19.5. The third-order valence-corrected chi connectivity index (χ3v) is 13.2. The Hall–Kier alpha value is -1.59. The van der Waals surface area contributed by atoms with Crippen LogP contribution in [0.15, 0.2) is 0 Å². The summed E-state index contributed by atoms with van der Waals surface area (Å²) in [7, 11) is 0. The summed E-state index contributed by atoms with van der Waals surface area (Å²) in [4.78, 5) is 37.9. The fourth-order valence-electron chi connectivity index (χ4n) is 8.54. The number of rotatable bonds is 51. The van der Waals surface area contributed by atoms with Crippen molar-refractivity contribution in [3.8, 4) is 0 Å². The topological polar surface area (TPSA) is 78.9 Å². The predicted octanol–water partition coefficient (Wildman–Crippen LogP) is 18.2. The summed E-state index contributed by atoms with van der Waals surface area (Å²) >= 11 is 0. The van der Waals surface area contributed by atoms with Crippen LogP contribution >= 0.6 is 0 Å². The Morgan fingerprint density at radius 3 is 0.839 bits per heavy atom. The molecular formula is C56H108O6. The van der Waals surface area contributed by atoms with Gasteiger partial charge >= 0.3 is 17.9 Å². The molecule has 0 saturated carbocycles. The fourth-order valence-corrected chi connectivity index (χ4v) is 8.54. The van der Waals surface area contributed by atoms with E-state index in [1.54, 1.807) is 0 Å². The lowest BCUT2D eigenvalue weighted by atomic mass is 9.99. The first kappa shape index (κ1) is 60.4. The number of carbonyl (C=O) groups is 3. The summed E-state index contributed by atoms with van der Waals surface area (Å²) < 4.78 is 16.8. The fraction of sp³-hybridized carbons (Fsp3) is 0.946. The van der Waals surface area contributed by atoms with Crippen molar-refractivity contribution in [2.75, 3.05) is 13.2 Å². The summed E-state index contributed by atoms with van der Waals surface area (Å²) in [6.07, 6.45) is 53.8. The van der Waals surface area contributed by atoms with Gasteiger partial charge in [-0.15, -0.1) is 0 Å². The zero-order valence-electron chi connectivity index (χ0n) is 42.3. The Morgan fingerprint density at radius 1 is 0.323 bits per heavy atom. The van der Waals surface area contributed by atoms with Crippen LogP contribution in [-0.2, 0) is 28.6 Å². The van der Waals surface area contributed by atoms with Gasteiger partial charge in [0.05, 0.1) is 0 Å². The van der Waals surface area contributed by atoms with Crippen molar-refractivity contribution < 1.29 is 28.6 Å². The molecule has 0 rings (SSSR count). The van der Waals surface area contributed by atoms with E-state index in [1.807, 2.05) is 0 Å². The molecule has 0 heterocycles. The molecule has 1 unspecified atom stereocenters. The molecule has 0 N–H and O–H groups in total. The first-order valence-corrected chi connectivity index (χ1v) is 27.9. The van der Waals surface area contributed by atoms with Crippen molar-refractivity contribution >= 4 is 17.9 Å². The quantitative estimate of drug-likeness (QED) is 0.0344. The molecule has 2 atom stereocenters. The van der Waals surface area contributed by atoms with Crippen molar-refractivity contribution in [3.05, 3.63) is 0 Å². The Labute approximate surface area is 387 Å². The highest BCUT2D eigenvalue weighted by Crippen LogP contribution is 2.18. The van der Waals surface area contributed by atoms with Crippen molar-refractivity contribution in [2.45, 2.75) is 323 Å². The molecule has 0 aliphatic heterocycles. The van der Waals surface area contributed by atoms with E-state index in [2.05, 4.69) is 27.7 Å². The molecule has 0 amide bonds. The Balaban J connectivity index is 4.14.